The summed E-state index contributed by atoms with van der Waals surface area (Å²) in [5, 5.41) is 6.11. The van der Waals surface area contributed by atoms with Crippen molar-refractivity contribution in [3.05, 3.63) is 113 Å². The van der Waals surface area contributed by atoms with Gasteiger partial charge in [0.1, 0.15) is 27.8 Å². The van der Waals surface area contributed by atoms with Crippen LogP contribution in [0.25, 0.3) is 0 Å². The average Bonchev–Trinajstić information content (AvgIpc) is 3.39. The molecule has 5 rings (SSSR count). The van der Waals surface area contributed by atoms with Gasteiger partial charge in [0.2, 0.25) is 3.68 Å². The Hall–Kier alpha value is -3.00. The van der Waals surface area contributed by atoms with E-state index in [0.29, 0.717) is 16.9 Å². The number of benzene rings is 2. The van der Waals surface area contributed by atoms with E-state index in [9.17, 15) is 8.42 Å². The van der Waals surface area contributed by atoms with E-state index in [-0.39, 0.29) is 18.9 Å². The van der Waals surface area contributed by atoms with E-state index in [1.807, 2.05) is 60.7 Å². The van der Waals surface area contributed by atoms with E-state index in [2.05, 4.69) is 15.6 Å². The van der Waals surface area contributed by atoms with Crippen molar-refractivity contribution in [1.29, 1.82) is 0 Å². The van der Waals surface area contributed by atoms with Crippen LogP contribution in [-0.4, -0.2) is 43.1 Å². The Morgan fingerprint density at radius 3 is 2.85 bits per heavy atom. The van der Waals surface area contributed by atoms with Crippen molar-refractivity contribution in [3.63, 3.8) is 0 Å². The summed E-state index contributed by atoms with van der Waals surface area (Å²) in [6.07, 6.45) is 11.6. The minimum absolute atomic E-state index is 0.0271. The second-order valence-corrected chi connectivity index (χ2v) is 13.7. The van der Waals surface area contributed by atoms with Gasteiger partial charge < -0.3 is 20.1 Å². The van der Waals surface area contributed by atoms with E-state index in [0.717, 1.165) is 16.8 Å². The Labute approximate surface area is 247 Å². The molecule has 4 N–H and O–H groups in total. The maximum atomic E-state index is 15.9. The standard InChI is InChI=1S/C29H30FIN4O4S/c1-40(36,37)15-14-33-17-22-10-12-26(39-22)21-9-11-25-24(16-21)29(32,35-19-34-25)23-8-5-13-28(30,31)27(23)38-18-20-6-3-2-4-7-20/h2-13,16-17,19,26-27,33H,14-15,18,32H2,1H3,(H,34,35). The van der Waals surface area contributed by atoms with Gasteiger partial charge in [0.25, 0.3) is 0 Å². The van der Waals surface area contributed by atoms with Gasteiger partial charge in [-0.3, -0.25) is 5.73 Å². The number of alkyl halides is 2. The fraction of sp³-hybridized carbons (Fsp3) is 0.276. The monoisotopic (exact) mass is 676 g/mol. The molecule has 40 heavy (non-hydrogen) atoms. The van der Waals surface area contributed by atoms with Crippen LogP contribution in [0.15, 0.2) is 101 Å². The van der Waals surface area contributed by atoms with Crippen LogP contribution in [0.5, 0.6) is 0 Å². The highest BCUT2D eigenvalue weighted by molar-refractivity contribution is 14.1. The van der Waals surface area contributed by atoms with Gasteiger partial charge >= 0.3 is 0 Å². The minimum atomic E-state index is -3.05. The Bertz CT molecular complexity index is 1520. The summed E-state index contributed by atoms with van der Waals surface area (Å²) >= 11 is 1.75. The molecule has 0 aromatic heterocycles. The van der Waals surface area contributed by atoms with Gasteiger partial charge in [-0.25, -0.2) is 17.8 Å². The quantitative estimate of drug-likeness (QED) is 0.203. The molecule has 3 aliphatic rings. The summed E-state index contributed by atoms with van der Waals surface area (Å²) in [6, 6.07) is 15.3. The van der Waals surface area contributed by atoms with Gasteiger partial charge in [-0.1, -0.05) is 48.6 Å². The third kappa shape index (κ3) is 6.32. The van der Waals surface area contributed by atoms with Crippen LogP contribution < -0.4 is 16.4 Å². The summed E-state index contributed by atoms with van der Waals surface area (Å²) in [5.41, 5.74) is 9.29. The number of sulfone groups is 1. The van der Waals surface area contributed by atoms with Crippen molar-refractivity contribution < 1.29 is 22.3 Å². The molecule has 210 valence electrons. The number of hydrogen-bond donors (Lipinski definition) is 3. The first-order valence-electron chi connectivity index (χ1n) is 12.7. The molecule has 2 heterocycles. The highest BCUT2D eigenvalue weighted by Gasteiger charge is 2.48. The zero-order valence-electron chi connectivity index (χ0n) is 21.8. The fourth-order valence-corrected chi connectivity index (χ4v) is 5.92. The first-order chi connectivity index (χ1) is 19.1. The van der Waals surface area contributed by atoms with Gasteiger partial charge in [-0.05, 0) is 64.1 Å². The van der Waals surface area contributed by atoms with E-state index in [1.54, 1.807) is 40.9 Å². The number of halogens is 2. The van der Waals surface area contributed by atoms with Crippen LogP contribution in [0.3, 0.4) is 0 Å². The van der Waals surface area contributed by atoms with Crippen molar-refractivity contribution >= 4 is 44.5 Å². The predicted molar refractivity (Wildman–Crippen MR) is 163 cm³/mol. The summed E-state index contributed by atoms with van der Waals surface area (Å²) in [6.45, 7) is 0.497. The molecule has 4 unspecified atom stereocenters. The molecule has 0 saturated heterocycles. The van der Waals surface area contributed by atoms with Gasteiger partial charge in [-0.2, -0.15) is 0 Å². The van der Waals surface area contributed by atoms with Crippen molar-refractivity contribution in [2.45, 2.75) is 28.2 Å². The molecular weight excluding hydrogens is 646 g/mol. The molecule has 2 aliphatic heterocycles. The number of fused-ring (bicyclic) bond motifs is 1. The molecule has 0 saturated carbocycles. The normalized spacial score (nSPS) is 28.1. The lowest BCUT2D eigenvalue weighted by Crippen LogP contribution is -2.49. The second-order valence-electron chi connectivity index (χ2n) is 9.83. The lowest BCUT2D eigenvalue weighted by atomic mass is 9.82. The molecule has 2 aromatic carbocycles. The van der Waals surface area contributed by atoms with Gasteiger partial charge in [0, 0.05) is 35.8 Å². The minimum Gasteiger partial charge on any atom is -0.480 e. The van der Waals surface area contributed by atoms with Gasteiger partial charge in [-0.15, -0.1) is 0 Å². The molecule has 4 atom stereocenters. The number of anilines is 1. The molecule has 0 bridgehead atoms. The van der Waals surface area contributed by atoms with Crippen LogP contribution in [-0.2, 0) is 31.6 Å². The molecular formula is C29H30FIN4O4S. The fourth-order valence-electron chi connectivity index (χ4n) is 4.71. The zero-order valence-corrected chi connectivity index (χ0v) is 24.7. The molecule has 0 fully saturated rings. The highest BCUT2D eigenvalue weighted by atomic mass is 127. The Morgan fingerprint density at radius 1 is 1.27 bits per heavy atom. The van der Waals surface area contributed by atoms with Crippen molar-refractivity contribution in [2.24, 2.45) is 10.7 Å². The van der Waals surface area contributed by atoms with Crippen LogP contribution in [0, 0.1) is 0 Å². The van der Waals surface area contributed by atoms with E-state index in [4.69, 9.17) is 15.2 Å². The van der Waals surface area contributed by atoms with Crippen molar-refractivity contribution in [1.82, 2.24) is 5.32 Å². The Balaban J connectivity index is 1.39. The average molecular weight is 677 g/mol. The smallest absolute Gasteiger partial charge is 0.209 e. The highest BCUT2D eigenvalue weighted by Crippen LogP contribution is 2.46. The SMILES string of the molecule is CS(=O)(=O)CCNC=C1C=CC(c2ccc3c(c2)C(N)(C2=CC=CC(F)(I)C2OCc2ccccc2)N=CN3)O1. The molecule has 0 spiro atoms. The molecule has 0 amide bonds. The third-order valence-electron chi connectivity index (χ3n) is 6.76. The summed E-state index contributed by atoms with van der Waals surface area (Å²) in [4.78, 5) is 4.61. The number of nitrogens with two attached hydrogens (primary N) is 1. The van der Waals surface area contributed by atoms with E-state index >= 15 is 4.39 Å². The Morgan fingerprint density at radius 2 is 2.08 bits per heavy atom. The van der Waals surface area contributed by atoms with Crippen LogP contribution in [0.1, 0.15) is 22.8 Å². The lowest BCUT2D eigenvalue weighted by molar-refractivity contribution is 0.0106. The maximum absolute atomic E-state index is 15.9. The number of hydrogen-bond acceptors (Lipinski definition) is 8. The van der Waals surface area contributed by atoms with Crippen molar-refractivity contribution in [2.75, 3.05) is 23.9 Å². The van der Waals surface area contributed by atoms with Crippen LogP contribution in [0.2, 0.25) is 0 Å². The maximum Gasteiger partial charge on any atom is 0.209 e. The molecule has 0 radical (unpaired) electrons. The number of aliphatic imine (C=N–C) groups is 1. The molecule has 8 nitrogen and oxygen atoms in total. The molecule has 2 aromatic rings. The summed E-state index contributed by atoms with van der Waals surface area (Å²) < 4.78 is 49.0. The number of nitrogens with one attached hydrogen (secondary N) is 2. The molecule has 11 heteroatoms. The first-order valence-corrected chi connectivity index (χ1v) is 15.8. The number of rotatable bonds is 9. The van der Waals surface area contributed by atoms with E-state index in [1.165, 1.54) is 18.7 Å². The topological polar surface area (TPSA) is 115 Å². The predicted octanol–water partition coefficient (Wildman–Crippen LogP) is 4.54. The third-order valence-corrected chi connectivity index (χ3v) is 8.63. The van der Waals surface area contributed by atoms with E-state index < -0.39 is 31.4 Å². The summed E-state index contributed by atoms with van der Waals surface area (Å²) in [5.74, 6) is 0.604. The van der Waals surface area contributed by atoms with Gasteiger partial charge in [0.05, 0.1) is 18.7 Å². The Kier molecular flexibility index (Phi) is 8.18. The largest absolute Gasteiger partial charge is 0.480 e. The second kappa shape index (κ2) is 11.5. The lowest BCUT2D eigenvalue weighted by Gasteiger charge is -2.40. The number of nitrogens with zero attached hydrogens (tertiary/aromatic N) is 1. The molecule has 1 aliphatic carbocycles. The van der Waals surface area contributed by atoms with Crippen molar-refractivity contribution in [3.8, 4) is 0 Å². The number of allylic oxidation sites excluding steroid dienone is 3. The van der Waals surface area contributed by atoms with Gasteiger partial charge in [0.15, 0.2) is 5.66 Å². The zero-order chi connectivity index (χ0) is 28.4. The van der Waals surface area contributed by atoms with Crippen LogP contribution >= 0.6 is 22.6 Å². The first kappa shape index (κ1) is 28.5. The number of ether oxygens (including phenoxy) is 2. The van der Waals surface area contributed by atoms with Crippen LogP contribution in [0.4, 0.5) is 10.1 Å². The summed E-state index contributed by atoms with van der Waals surface area (Å²) in [7, 11) is -3.05.